The summed E-state index contributed by atoms with van der Waals surface area (Å²) in [6.45, 7) is 6.84. The van der Waals surface area contributed by atoms with Crippen molar-refractivity contribution in [1.29, 1.82) is 0 Å². The SMILES string of the molecule is CCCCCC(C)NCCN1CCCC(C(F)(F)F)C1. The van der Waals surface area contributed by atoms with Crippen molar-refractivity contribution in [2.24, 2.45) is 5.92 Å². The Labute approximate surface area is 121 Å². The van der Waals surface area contributed by atoms with Crippen molar-refractivity contribution in [1.82, 2.24) is 10.2 Å². The first-order valence-electron chi connectivity index (χ1n) is 7.96. The number of nitrogens with zero attached hydrogens (tertiary/aromatic N) is 1. The maximum Gasteiger partial charge on any atom is 0.393 e. The van der Waals surface area contributed by atoms with Gasteiger partial charge in [-0.2, -0.15) is 13.2 Å². The zero-order valence-corrected chi connectivity index (χ0v) is 12.8. The van der Waals surface area contributed by atoms with E-state index in [1.54, 1.807) is 0 Å². The van der Waals surface area contributed by atoms with E-state index in [1.165, 1.54) is 19.3 Å². The molecule has 0 aromatic rings. The van der Waals surface area contributed by atoms with Crippen molar-refractivity contribution >= 4 is 0 Å². The van der Waals surface area contributed by atoms with Gasteiger partial charge in [0.15, 0.2) is 0 Å². The lowest BCUT2D eigenvalue weighted by Crippen LogP contribution is -2.44. The lowest BCUT2D eigenvalue weighted by molar-refractivity contribution is -0.186. The van der Waals surface area contributed by atoms with Crippen LogP contribution >= 0.6 is 0 Å². The second-order valence-corrected chi connectivity index (χ2v) is 6.03. The summed E-state index contributed by atoms with van der Waals surface area (Å²) >= 11 is 0. The highest BCUT2D eigenvalue weighted by Crippen LogP contribution is 2.32. The van der Waals surface area contributed by atoms with E-state index < -0.39 is 12.1 Å². The minimum Gasteiger partial charge on any atom is -0.313 e. The van der Waals surface area contributed by atoms with Crippen LogP contribution in [0.2, 0.25) is 0 Å². The number of hydrogen-bond donors (Lipinski definition) is 1. The second-order valence-electron chi connectivity index (χ2n) is 6.03. The number of nitrogens with one attached hydrogen (secondary N) is 1. The first kappa shape index (κ1) is 17.8. The molecule has 0 amide bonds. The number of likely N-dealkylation sites (tertiary alicyclic amines) is 1. The van der Waals surface area contributed by atoms with E-state index in [0.717, 1.165) is 26.1 Å². The summed E-state index contributed by atoms with van der Waals surface area (Å²) in [5.41, 5.74) is 0. The molecule has 1 aliphatic heterocycles. The van der Waals surface area contributed by atoms with Gasteiger partial charge in [-0.25, -0.2) is 0 Å². The molecule has 0 saturated carbocycles. The molecule has 1 rings (SSSR count). The van der Waals surface area contributed by atoms with Crippen LogP contribution in [0.3, 0.4) is 0 Å². The van der Waals surface area contributed by atoms with Gasteiger partial charge in [-0.05, 0) is 32.7 Å². The standard InChI is InChI=1S/C15H29F3N2/c1-3-4-5-7-13(2)19-9-11-20-10-6-8-14(12-20)15(16,17)18/h13-14,19H,3-12H2,1-2H3. The van der Waals surface area contributed by atoms with Crippen molar-refractivity contribution in [3.63, 3.8) is 0 Å². The summed E-state index contributed by atoms with van der Waals surface area (Å²) in [4.78, 5) is 1.95. The summed E-state index contributed by atoms with van der Waals surface area (Å²) in [5.74, 6) is -1.13. The highest BCUT2D eigenvalue weighted by Gasteiger charge is 2.41. The average molecular weight is 294 g/mol. The highest BCUT2D eigenvalue weighted by atomic mass is 19.4. The minimum atomic E-state index is -4.03. The molecule has 0 aromatic carbocycles. The van der Waals surface area contributed by atoms with Gasteiger partial charge in [0.05, 0.1) is 5.92 Å². The highest BCUT2D eigenvalue weighted by molar-refractivity contribution is 4.78. The van der Waals surface area contributed by atoms with Crippen LogP contribution in [-0.2, 0) is 0 Å². The first-order chi connectivity index (χ1) is 9.43. The molecule has 0 spiro atoms. The molecule has 1 fully saturated rings. The van der Waals surface area contributed by atoms with Gasteiger partial charge in [0, 0.05) is 25.7 Å². The lowest BCUT2D eigenvalue weighted by atomic mass is 9.97. The van der Waals surface area contributed by atoms with Gasteiger partial charge in [0.2, 0.25) is 0 Å². The van der Waals surface area contributed by atoms with Crippen LogP contribution in [0, 0.1) is 5.92 Å². The number of rotatable bonds is 8. The quantitative estimate of drug-likeness (QED) is 0.685. The zero-order valence-electron chi connectivity index (χ0n) is 12.8. The molecule has 0 aromatic heterocycles. The van der Waals surface area contributed by atoms with Crippen molar-refractivity contribution in [3.05, 3.63) is 0 Å². The van der Waals surface area contributed by atoms with Crippen LogP contribution in [0.25, 0.3) is 0 Å². The third kappa shape index (κ3) is 6.93. The molecule has 2 unspecified atom stereocenters. The van der Waals surface area contributed by atoms with Crippen LogP contribution in [0.15, 0.2) is 0 Å². The molecule has 20 heavy (non-hydrogen) atoms. The molecule has 0 aliphatic carbocycles. The molecule has 1 N–H and O–H groups in total. The van der Waals surface area contributed by atoms with Gasteiger partial charge in [0.1, 0.15) is 0 Å². The molecule has 2 atom stereocenters. The Bertz CT molecular complexity index is 256. The Kier molecular flexibility index (Phi) is 7.88. The van der Waals surface area contributed by atoms with E-state index in [4.69, 9.17) is 0 Å². The van der Waals surface area contributed by atoms with E-state index in [9.17, 15) is 13.2 Å². The fourth-order valence-electron chi connectivity index (χ4n) is 2.80. The molecular weight excluding hydrogens is 265 g/mol. The lowest BCUT2D eigenvalue weighted by Gasteiger charge is -2.33. The summed E-state index contributed by atoms with van der Waals surface area (Å²) in [5, 5.41) is 3.42. The van der Waals surface area contributed by atoms with Crippen molar-refractivity contribution in [3.8, 4) is 0 Å². The van der Waals surface area contributed by atoms with Gasteiger partial charge in [-0.15, -0.1) is 0 Å². The third-order valence-electron chi connectivity index (χ3n) is 4.13. The predicted molar refractivity (Wildman–Crippen MR) is 76.8 cm³/mol. The smallest absolute Gasteiger partial charge is 0.313 e. The number of alkyl halides is 3. The summed E-state index contributed by atoms with van der Waals surface area (Å²) in [6, 6.07) is 0.463. The Balaban J connectivity index is 2.15. The van der Waals surface area contributed by atoms with Crippen LogP contribution in [0.5, 0.6) is 0 Å². The largest absolute Gasteiger partial charge is 0.393 e. The molecular formula is C15H29F3N2. The van der Waals surface area contributed by atoms with E-state index in [1.807, 2.05) is 4.90 Å². The zero-order chi connectivity index (χ0) is 15.0. The Morgan fingerprint density at radius 3 is 2.70 bits per heavy atom. The predicted octanol–water partition coefficient (Wildman–Crippen LogP) is 3.82. The van der Waals surface area contributed by atoms with Crippen LogP contribution in [-0.4, -0.2) is 43.3 Å². The van der Waals surface area contributed by atoms with E-state index in [-0.39, 0.29) is 6.54 Å². The van der Waals surface area contributed by atoms with Gasteiger partial charge < -0.3 is 10.2 Å². The van der Waals surface area contributed by atoms with E-state index in [2.05, 4.69) is 19.2 Å². The normalized spacial score (nSPS) is 22.9. The fourth-order valence-corrected chi connectivity index (χ4v) is 2.80. The first-order valence-corrected chi connectivity index (χ1v) is 7.96. The monoisotopic (exact) mass is 294 g/mol. The second kappa shape index (κ2) is 8.88. The summed E-state index contributed by atoms with van der Waals surface area (Å²) in [7, 11) is 0. The van der Waals surface area contributed by atoms with Crippen molar-refractivity contribution in [2.45, 2.75) is 64.6 Å². The number of hydrogen-bond acceptors (Lipinski definition) is 2. The summed E-state index contributed by atoms with van der Waals surface area (Å²) in [6.07, 6.45) is 1.78. The topological polar surface area (TPSA) is 15.3 Å². The molecule has 1 heterocycles. The number of halogens is 3. The van der Waals surface area contributed by atoms with Gasteiger partial charge in [0.25, 0.3) is 0 Å². The van der Waals surface area contributed by atoms with Crippen molar-refractivity contribution < 1.29 is 13.2 Å². The molecule has 1 aliphatic rings. The number of unbranched alkanes of at least 4 members (excludes halogenated alkanes) is 2. The maximum absolute atomic E-state index is 12.7. The molecule has 1 saturated heterocycles. The third-order valence-corrected chi connectivity index (χ3v) is 4.13. The summed E-state index contributed by atoms with van der Waals surface area (Å²) < 4.78 is 38.1. The Hall–Kier alpha value is -0.290. The van der Waals surface area contributed by atoms with Gasteiger partial charge in [-0.3, -0.25) is 0 Å². The molecule has 2 nitrogen and oxygen atoms in total. The molecule has 5 heteroatoms. The molecule has 120 valence electrons. The molecule has 0 radical (unpaired) electrons. The Morgan fingerprint density at radius 1 is 1.30 bits per heavy atom. The number of piperidine rings is 1. The van der Waals surface area contributed by atoms with Crippen LogP contribution in [0.1, 0.15) is 52.4 Å². The fraction of sp³-hybridized carbons (Fsp3) is 1.00. The van der Waals surface area contributed by atoms with Crippen LogP contribution in [0.4, 0.5) is 13.2 Å². The van der Waals surface area contributed by atoms with Crippen molar-refractivity contribution in [2.75, 3.05) is 26.2 Å². The van der Waals surface area contributed by atoms with E-state index in [0.29, 0.717) is 18.9 Å². The van der Waals surface area contributed by atoms with Crippen LogP contribution < -0.4 is 5.32 Å². The Morgan fingerprint density at radius 2 is 2.05 bits per heavy atom. The average Bonchev–Trinajstić information content (AvgIpc) is 2.38. The van der Waals surface area contributed by atoms with Gasteiger partial charge >= 0.3 is 6.18 Å². The molecule has 0 bridgehead atoms. The van der Waals surface area contributed by atoms with E-state index >= 15 is 0 Å². The minimum absolute atomic E-state index is 0.176. The maximum atomic E-state index is 12.7. The van der Waals surface area contributed by atoms with Gasteiger partial charge in [-0.1, -0.05) is 26.2 Å².